The topological polar surface area (TPSA) is 120 Å². The molecule has 0 saturated carbocycles. The van der Waals surface area contributed by atoms with E-state index in [4.69, 9.17) is 10.4 Å². The molecule has 0 aliphatic rings. The Balaban J connectivity index is 2.90. The lowest BCUT2D eigenvalue weighted by molar-refractivity contribution is -0.139. The van der Waals surface area contributed by atoms with E-state index in [0.717, 1.165) is 12.1 Å². The summed E-state index contributed by atoms with van der Waals surface area (Å²) >= 11 is 0. The molecule has 8 heteroatoms. The minimum Gasteiger partial charge on any atom is -0.504 e. The first kappa shape index (κ1) is 17.0. The number of aliphatic carboxylic acids is 1. The largest absolute Gasteiger partial charge is 0.504 e. The van der Waals surface area contributed by atoms with Crippen molar-refractivity contribution in [2.75, 3.05) is 6.61 Å². The molecule has 0 aromatic heterocycles. The minimum absolute atomic E-state index is 0.0927. The number of nitrogens with zero attached hydrogens (tertiary/aromatic N) is 1. The van der Waals surface area contributed by atoms with Gasteiger partial charge in [0.2, 0.25) is 0 Å². The van der Waals surface area contributed by atoms with Gasteiger partial charge in [-0.25, -0.2) is 14.0 Å². The monoisotopic (exact) mass is 308 g/mol. The molecule has 0 aliphatic heterocycles. The van der Waals surface area contributed by atoms with E-state index in [-0.39, 0.29) is 24.2 Å². The third-order valence-electron chi connectivity index (χ3n) is 2.61. The molecule has 3 N–H and O–H groups in total. The van der Waals surface area contributed by atoms with Crippen molar-refractivity contribution in [2.45, 2.75) is 12.5 Å². The molecule has 1 amide bonds. The van der Waals surface area contributed by atoms with Crippen molar-refractivity contribution in [3.8, 4) is 11.8 Å². The number of hydrogen-bond donors (Lipinski definition) is 3. The molecule has 1 unspecified atom stereocenters. The number of rotatable bonds is 6. The number of amides is 1. The molecular formula is C14H13FN2O5. The summed E-state index contributed by atoms with van der Waals surface area (Å²) in [6.45, 7) is 3.24. The lowest BCUT2D eigenvalue weighted by atomic mass is 10.0. The molecule has 0 radical (unpaired) electrons. The first-order valence-electron chi connectivity index (χ1n) is 6.07. The van der Waals surface area contributed by atoms with Gasteiger partial charge in [-0.2, -0.15) is 5.26 Å². The zero-order valence-corrected chi connectivity index (χ0v) is 11.4. The predicted molar refractivity (Wildman–Crippen MR) is 72.6 cm³/mol. The highest BCUT2D eigenvalue weighted by Gasteiger charge is 2.22. The van der Waals surface area contributed by atoms with Gasteiger partial charge in [-0.3, -0.25) is 0 Å². The van der Waals surface area contributed by atoms with Crippen LogP contribution >= 0.6 is 0 Å². The lowest BCUT2D eigenvalue weighted by Gasteiger charge is -2.14. The summed E-state index contributed by atoms with van der Waals surface area (Å²) in [4.78, 5) is 22.5. The van der Waals surface area contributed by atoms with Gasteiger partial charge in [-0.15, -0.1) is 0 Å². The summed E-state index contributed by atoms with van der Waals surface area (Å²) in [5.74, 6) is -3.22. The lowest BCUT2D eigenvalue weighted by Crippen LogP contribution is -2.42. The van der Waals surface area contributed by atoms with Crippen LogP contribution in [0.15, 0.2) is 24.8 Å². The maximum atomic E-state index is 13.4. The van der Waals surface area contributed by atoms with Crippen LogP contribution in [0.5, 0.6) is 5.75 Å². The molecule has 22 heavy (non-hydrogen) atoms. The second kappa shape index (κ2) is 7.64. The van der Waals surface area contributed by atoms with Gasteiger partial charge in [0, 0.05) is 6.42 Å². The van der Waals surface area contributed by atoms with Crippen molar-refractivity contribution < 1.29 is 28.9 Å². The Bertz CT molecular complexity index is 639. The van der Waals surface area contributed by atoms with E-state index in [0.29, 0.717) is 0 Å². The second-order valence-electron chi connectivity index (χ2n) is 4.21. The molecule has 0 heterocycles. The van der Waals surface area contributed by atoms with E-state index in [9.17, 15) is 19.1 Å². The number of hydrogen-bond acceptors (Lipinski definition) is 5. The van der Waals surface area contributed by atoms with Crippen molar-refractivity contribution in [3.05, 3.63) is 41.7 Å². The number of phenolic OH excluding ortho intramolecular Hbond substituents is 1. The zero-order valence-electron chi connectivity index (χ0n) is 11.4. The third-order valence-corrected chi connectivity index (χ3v) is 2.61. The van der Waals surface area contributed by atoms with Crippen LogP contribution in [0, 0.1) is 17.1 Å². The van der Waals surface area contributed by atoms with Crippen molar-refractivity contribution in [3.63, 3.8) is 0 Å². The fraction of sp³-hybridized carbons (Fsp3) is 0.214. The number of benzene rings is 1. The highest BCUT2D eigenvalue weighted by molar-refractivity contribution is 5.80. The van der Waals surface area contributed by atoms with Gasteiger partial charge < -0.3 is 20.3 Å². The Morgan fingerprint density at radius 3 is 2.77 bits per heavy atom. The maximum absolute atomic E-state index is 13.4. The number of carbonyl (C=O) groups is 2. The quantitative estimate of drug-likeness (QED) is 0.682. The molecule has 116 valence electrons. The Labute approximate surface area is 125 Å². The van der Waals surface area contributed by atoms with Gasteiger partial charge in [-0.1, -0.05) is 12.7 Å². The van der Waals surface area contributed by atoms with Gasteiger partial charge in [0.05, 0.1) is 5.56 Å². The third kappa shape index (κ3) is 4.49. The predicted octanol–water partition coefficient (Wildman–Crippen LogP) is 1.31. The summed E-state index contributed by atoms with van der Waals surface area (Å²) in [5, 5.41) is 29.2. The van der Waals surface area contributed by atoms with Crippen molar-refractivity contribution in [1.82, 2.24) is 5.32 Å². The number of halogens is 1. The Morgan fingerprint density at radius 2 is 2.23 bits per heavy atom. The number of alkyl carbamates (subject to hydrolysis) is 1. The van der Waals surface area contributed by atoms with Gasteiger partial charge in [0.1, 0.15) is 18.7 Å². The average molecular weight is 308 g/mol. The van der Waals surface area contributed by atoms with Crippen molar-refractivity contribution >= 4 is 12.1 Å². The fourth-order valence-corrected chi connectivity index (χ4v) is 1.61. The highest BCUT2D eigenvalue weighted by Crippen LogP contribution is 2.23. The molecule has 1 rings (SSSR count). The van der Waals surface area contributed by atoms with E-state index in [1.807, 2.05) is 0 Å². The first-order valence-corrected chi connectivity index (χ1v) is 6.07. The normalized spacial score (nSPS) is 11.1. The van der Waals surface area contributed by atoms with Gasteiger partial charge in [0.15, 0.2) is 11.6 Å². The number of nitrogens with one attached hydrogen (secondary N) is 1. The molecular weight excluding hydrogens is 295 g/mol. The van der Waals surface area contributed by atoms with Crippen LogP contribution in [0.2, 0.25) is 0 Å². The fourth-order valence-electron chi connectivity index (χ4n) is 1.61. The van der Waals surface area contributed by atoms with Crippen LogP contribution < -0.4 is 5.32 Å². The van der Waals surface area contributed by atoms with Crippen molar-refractivity contribution in [1.29, 1.82) is 5.26 Å². The number of carbonyl (C=O) groups excluding carboxylic acids is 1. The van der Waals surface area contributed by atoms with E-state index in [1.54, 1.807) is 6.07 Å². The van der Waals surface area contributed by atoms with Crippen LogP contribution in [0.1, 0.15) is 11.1 Å². The van der Waals surface area contributed by atoms with E-state index >= 15 is 0 Å². The Morgan fingerprint density at radius 1 is 1.55 bits per heavy atom. The SMILES string of the molecule is C=CCOC(=O)NC(Cc1cc(F)c(O)c(C#N)c1)C(=O)O. The molecule has 7 nitrogen and oxygen atoms in total. The van der Waals surface area contributed by atoms with E-state index in [1.165, 1.54) is 6.08 Å². The molecule has 0 aliphatic carbocycles. The van der Waals surface area contributed by atoms with Gasteiger partial charge in [-0.05, 0) is 17.7 Å². The van der Waals surface area contributed by atoms with Crippen LogP contribution in [-0.2, 0) is 16.0 Å². The van der Waals surface area contributed by atoms with E-state index in [2.05, 4.69) is 16.6 Å². The summed E-state index contributed by atoms with van der Waals surface area (Å²) in [7, 11) is 0. The van der Waals surface area contributed by atoms with E-state index < -0.39 is 29.7 Å². The first-order chi connectivity index (χ1) is 10.4. The minimum atomic E-state index is -1.38. The zero-order chi connectivity index (χ0) is 16.7. The molecule has 0 spiro atoms. The number of aromatic hydroxyl groups is 1. The second-order valence-corrected chi connectivity index (χ2v) is 4.21. The van der Waals surface area contributed by atoms with Crippen LogP contribution in [-0.4, -0.2) is 34.9 Å². The number of ether oxygens (including phenoxy) is 1. The molecule has 0 fully saturated rings. The number of carboxylic acid groups (broad SMARTS) is 1. The number of nitriles is 1. The Hall–Kier alpha value is -3.08. The molecule has 1 aromatic carbocycles. The van der Waals surface area contributed by atoms with Crippen molar-refractivity contribution in [2.24, 2.45) is 0 Å². The summed E-state index contributed by atoms with van der Waals surface area (Å²) in [5.41, 5.74) is -0.198. The smallest absolute Gasteiger partial charge is 0.408 e. The highest BCUT2D eigenvalue weighted by atomic mass is 19.1. The average Bonchev–Trinajstić information content (AvgIpc) is 2.47. The maximum Gasteiger partial charge on any atom is 0.408 e. The summed E-state index contributed by atoms with van der Waals surface area (Å²) in [6.07, 6.45) is 0.0564. The standard InChI is InChI=1S/C14H13FN2O5/c1-2-3-22-14(21)17-11(13(19)20)6-8-4-9(7-16)12(18)10(15)5-8/h2,4-5,11,18H,1,3,6H2,(H,17,21)(H,19,20). The number of phenols is 1. The Kier molecular flexibility index (Phi) is 5.89. The molecule has 0 saturated heterocycles. The van der Waals surface area contributed by atoms with Gasteiger partial charge in [0.25, 0.3) is 0 Å². The summed E-state index contributed by atoms with van der Waals surface area (Å²) < 4.78 is 18.0. The molecule has 1 aromatic rings. The summed E-state index contributed by atoms with van der Waals surface area (Å²) in [6, 6.07) is 2.24. The molecule has 1 atom stereocenters. The van der Waals surface area contributed by atoms with Crippen LogP contribution in [0.25, 0.3) is 0 Å². The van der Waals surface area contributed by atoms with Crippen LogP contribution in [0.4, 0.5) is 9.18 Å². The number of carboxylic acids is 1. The molecule has 0 bridgehead atoms. The van der Waals surface area contributed by atoms with Crippen LogP contribution in [0.3, 0.4) is 0 Å². The van der Waals surface area contributed by atoms with Gasteiger partial charge >= 0.3 is 12.1 Å².